The topological polar surface area (TPSA) is 77.8 Å². The number of carbonyl (C=O) groups excluding carboxylic acids is 2. The highest BCUT2D eigenvalue weighted by molar-refractivity contribution is 5.98. The molecule has 1 N–H and O–H groups in total. The number of amides is 1. The lowest BCUT2D eigenvalue weighted by Crippen LogP contribution is -2.21. The molecule has 150 valence electrons. The summed E-state index contributed by atoms with van der Waals surface area (Å²) in [4.78, 5) is 24.7. The van der Waals surface area contributed by atoms with Gasteiger partial charge < -0.3 is 19.2 Å². The molecule has 0 spiro atoms. The van der Waals surface area contributed by atoms with Gasteiger partial charge in [0.25, 0.3) is 5.91 Å². The molecule has 0 aliphatic heterocycles. The van der Waals surface area contributed by atoms with Crippen molar-refractivity contribution < 1.29 is 23.5 Å². The van der Waals surface area contributed by atoms with Crippen LogP contribution in [0.4, 0.5) is 5.69 Å². The molecule has 4 rings (SSSR count). The van der Waals surface area contributed by atoms with Crippen molar-refractivity contribution in [2.75, 3.05) is 11.9 Å². The van der Waals surface area contributed by atoms with Crippen molar-refractivity contribution in [3.05, 3.63) is 96.3 Å². The van der Waals surface area contributed by atoms with Crippen LogP contribution in [0, 0.1) is 0 Å². The molecule has 4 aromatic rings. The first-order valence-corrected chi connectivity index (χ1v) is 9.41. The Morgan fingerprint density at radius 3 is 2.27 bits per heavy atom. The molecule has 30 heavy (non-hydrogen) atoms. The minimum atomic E-state index is -0.721. The Morgan fingerprint density at radius 1 is 0.833 bits per heavy atom. The second-order valence-corrected chi connectivity index (χ2v) is 6.50. The number of carbonyl (C=O) groups is 2. The summed E-state index contributed by atoms with van der Waals surface area (Å²) in [6, 6.07) is 25.5. The van der Waals surface area contributed by atoms with E-state index in [1.807, 2.05) is 54.6 Å². The van der Waals surface area contributed by atoms with Gasteiger partial charge in [-0.1, -0.05) is 54.6 Å². The Morgan fingerprint density at radius 2 is 1.50 bits per heavy atom. The molecule has 3 aromatic carbocycles. The number of rotatable bonds is 7. The molecule has 0 aliphatic rings. The van der Waals surface area contributed by atoms with Gasteiger partial charge in [-0.25, -0.2) is 4.79 Å². The standard InChI is InChI=1S/C24H19NO5/c26-22(25-17-9-3-1-4-10-17)16-29-24(27)23-20(15-28-18-11-5-2-6-12-18)19-13-7-8-14-21(19)30-23/h1-14H,15-16H2,(H,25,26). The lowest BCUT2D eigenvalue weighted by molar-refractivity contribution is -0.119. The molecular formula is C24H19NO5. The zero-order valence-electron chi connectivity index (χ0n) is 16.0. The van der Waals surface area contributed by atoms with E-state index in [-0.39, 0.29) is 12.4 Å². The first-order chi connectivity index (χ1) is 14.7. The van der Waals surface area contributed by atoms with Crippen LogP contribution in [0.25, 0.3) is 11.0 Å². The van der Waals surface area contributed by atoms with Crippen molar-refractivity contribution in [3.8, 4) is 5.75 Å². The summed E-state index contributed by atoms with van der Waals surface area (Å²) in [5.41, 5.74) is 1.74. The summed E-state index contributed by atoms with van der Waals surface area (Å²) in [7, 11) is 0. The molecule has 1 aromatic heterocycles. The van der Waals surface area contributed by atoms with E-state index in [1.165, 1.54) is 0 Å². The second kappa shape index (κ2) is 8.96. The van der Waals surface area contributed by atoms with E-state index >= 15 is 0 Å². The fourth-order valence-corrected chi connectivity index (χ4v) is 2.99. The van der Waals surface area contributed by atoms with E-state index in [1.54, 1.807) is 30.3 Å². The molecule has 0 radical (unpaired) electrons. The molecule has 0 atom stereocenters. The monoisotopic (exact) mass is 401 g/mol. The van der Waals surface area contributed by atoms with Crippen molar-refractivity contribution in [1.29, 1.82) is 0 Å². The summed E-state index contributed by atoms with van der Waals surface area (Å²) >= 11 is 0. The SMILES string of the molecule is O=C(COC(=O)c1oc2ccccc2c1COc1ccccc1)Nc1ccccc1. The van der Waals surface area contributed by atoms with Gasteiger partial charge in [0.2, 0.25) is 5.76 Å². The minimum absolute atomic E-state index is 0.0274. The molecule has 1 amide bonds. The maximum absolute atomic E-state index is 12.7. The third-order valence-electron chi connectivity index (χ3n) is 4.40. The van der Waals surface area contributed by atoms with Gasteiger partial charge in [-0.2, -0.15) is 0 Å². The molecule has 0 bridgehead atoms. The molecule has 6 heteroatoms. The number of esters is 1. The lowest BCUT2D eigenvalue weighted by Gasteiger charge is -2.08. The summed E-state index contributed by atoms with van der Waals surface area (Å²) in [6.45, 7) is -0.300. The minimum Gasteiger partial charge on any atom is -0.489 e. The number of fused-ring (bicyclic) bond motifs is 1. The van der Waals surface area contributed by atoms with Crippen LogP contribution < -0.4 is 10.1 Å². The molecule has 0 saturated carbocycles. The van der Waals surface area contributed by atoms with Gasteiger partial charge in [0.05, 0.1) is 5.56 Å². The zero-order chi connectivity index (χ0) is 20.8. The maximum atomic E-state index is 12.7. The summed E-state index contributed by atoms with van der Waals surface area (Å²) in [5.74, 6) is -0.460. The quantitative estimate of drug-likeness (QED) is 0.450. The van der Waals surface area contributed by atoms with Gasteiger partial charge in [0.15, 0.2) is 6.61 Å². The predicted molar refractivity (Wildman–Crippen MR) is 112 cm³/mol. The molecule has 0 aliphatic carbocycles. The van der Waals surface area contributed by atoms with Gasteiger partial charge in [-0.05, 0) is 30.3 Å². The Hall–Kier alpha value is -4.06. The fourth-order valence-electron chi connectivity index (χ4n) is 2.99. The molecule has 1 heterocycles. The van der Waals surface area contributed by atoms with Crippen LogP contribution in [0.1, 0.15) is 16.1 Å². The van der Waals surface area contributed by atoms with E-state index in [2.05, 4.69) is 5.32 Å². The van der Waals surface area contributed by atoms with Crippen molar-refractivity contribution in [2.45, 2.75) is 6.61 Å². The number of anilines is 1. The first kappa shape index (κ1) is 19.3. The Labute approximate surface area is 173 Å². The van der Waals surface area contributed by atoms with E-state index in [4.69, 9.17) is 13.9 Å². The van der Waals surface area contributed by atoms with Crippen LogP contribution in [0.5, 0.6) is 5.75 Å². The van der Waals surface area contributed by atoms with E-state index < -0.39 is 18.5 Å². The average molecular weight is 401 g/mol. The van der Waals surface area contributed by atoms with Gasteiger partial charge in [0.1, 0.15) is 17.9 Å². The number of ether oxygens (including phenoxy) is 2. The summed E-state index contributed by atoms with van der Waals surface area (Å²) in [5, 5.41) is 3.42. The van der Waals surface area contributed by atoms with Gasteiger partial charge >= 0.3 is 5.97 Å². The van der Waals surface area contributed by atoms with Crippen LogP contribution in [0.3, 0.4) is 0 Å². The summed E-state index contributed by atoms with van der Waals surface area (Å²) < 4.78 is 16.7. The molecule has 6 nitrogen and oxygen atoms in total. The van der Waals surface area contributed by atoms with Crippen molar-refractivity contribution in [3.63, 3.8) is 0 Å². The van der Waals surface area contributed by atoms with Crippen molar-refractivity contribution >= 4 is 28.5 Å². The van der Waals surface area contributed by atoms with E-state index in [0.717, 1.165) is 5.39 Å². The van der Waals surface area contributed by atoms with Crippen LogP contribution in [0.2, 0.25) is 0 Å². The van der Waals surface area contributed by atoms with Crippen molar-refractivity contribution in [2.24, 2.45) is 0 Å². The second-order valence-electron chi connectivity index (χ2n) is 6.50. The third-order valence-corrected chi connectivity index (χ3v) is 4.40. The van der Waals surface area contributed by atoms with Crippen LogP contribution >= 0.6 is 0 Å². The van der Waals surface area contributed by atoms with Crippen LogP contribution in [-0.4, -0.2) is 18.5 Å². The normalized spacial score (nSPS) is 10.5. The number of para-hydroxylation sites is 3. The van der Waals surface area contributed by atoms with E-state index in [0.29, 0.717) is 22.6 Å². The Kier molecular flexibility index (Phi) is 5.75. The van der Waals surface area contributed by atoms with Gasteiger partial charge in [-0.3, -0.25) is 4.79 Å². The van der Waals surface area contributed by atoms with E-state index in [9.17, 15) is 9.59 Å². The number of hydrogen-bond donors (Lipinski definition) is 1. The molecule has 0 fully saturated rings. The average Bonchev–Trinajstić information content (AvgIpc) is 3.16. The maximum Gasteiger partial charge on any atom is 0.375 e. The smallest absolute Gasteiger partial charge is 0.375 e. The highest BCUT2D eigenvalue weighted by Crippen LogP contribution is 2.28. The molecule has 0 unspecified atom stereocenters. The summed E-state index contributed by atoms with van der Waals surface area (Å²) in [6.07, 6.45) is 0. The first-order valence-electron chi connectivity index (χ1n) is 9.41. The molecule has 0 saturated heterocycles. The highest BCUT2D eigenvalue weighted by atomic mass is 16.5. The predicted octanol–water partition coefficient (Wildman–Crippen LogP) is 4.81. The van der Waals surface area contributed by atoms with Crippen molar-refractivity contribution in [1.82, 2.24) is 0 Å². The Bertz CT molecular complexity index is 1150. The number of nitrogens with one attached hydrogen (secondary N) is 1. The Balaban J connectivity index is 1.48. The lowest BCUT2D eigenvalue weighted by atomic mass is 10.1. The fraction of sp³-hybridized carbons (Fsp3) is 0.0833. The van der Waals surface area contributed by atoms with Gasteiger partial charge in [0, 0.05) is 11.1 Å². The number of benzene rings is 3. The van der Waals surface area contributed by atoms with Crippen LogP contribution in [0.15, 0.2) is 89.3 Å². The number of hydrogen-bond acceptors (Lipinski definition) is 5. The molecular weight excluding hydrogens is 382 g/mol. The van der Waals surface area contributed by atoms with Crippen LogP contribution in [-0.2, 0) is 16.1 Å². The zero-order valence-corrected chi connectivity index (χ0v) is 16.0. The third kappa shape index (κ3) is 4.50. The largest absolute Gasteiger partial charge is 0.489 e. The van der Waals surface area contributed by atoms with Gasteiger partial charge in [-0.15, -0.1) is 0 Å². The number of furan rings is 1. The highest BCUT2D eigenvalue weighted by Gasteiger charge is 2.23.